The highest BCUT2D eigenvalue weighted by atomic mass is 19.3. The third-order valence-electron chi connectivity index (χ3n) is 3.50. The summed E-state index contributed by atoms with van der Waals surface area (Å²) in [5, 5.41) is 3.03. The van der Waals surface area contributed by atoms with E-state index in [0.29, 0.717) is 25.2 Å². The minimum Gasteiger partial charge on any atom is -0.371 e. The lowest BCUT2D eigenvalue weighted by Gasteiger charge is -2.34. The average molecular weight is 272 g/mol. The van der Waals surface area contributed by atoms with Crippen molar-refractivity contribution in [2.24, 2.45) is 0 Å². The lowest BCUT2D eigenvalue weighted by Crippen LogP contribution is -2.39. The van der Waals surface area contributed by atoms with Gasteiger partial charge in [-0.2, -0.15) is 0 Å². The van der Waals surface area contributed by atoms with Gasteiger partial charge in [0.2, 0.25) is 0 Å². The first-order valence-corrected chi connectivity index (χ1v) is 6.51. The SMILES string of the molecule is CNCc1cc(CF)ccc1N1CCC(F)(F)CC1. The van der Waals surface area contributed by atoms with Gasteiger partial charge in [-0.05, 0) is 30.3 Å². The average Bonchev–Trinajstić information content (AvgIpc) is 2.39. The van der Waals surface area contributed by atoms with Crippen LogP contribution in [0.4, 0.5) is 18.9 Å². The minimum absolute atomic E-state index is 0.114. The maximum Gasteiger partial charge on any atom is 0.251 e. The molecule has 0 aromatic heterocycles. The van der Waals surface area contributed by atoms with Gasteiger partial charge in [-0.15, -0.1) is 0 Å². The van der Waals surface area contributed by atoms with Crippen LogP contribution in [0.25, 0.3) is 0 Å². The Morgan fingerprint density at radius 3 is 2.53 bits per heavy atom. The van der Waals surface area contributed by atoms with E-state index in [1.54, 1.807) is 12.1 Å². The smallest absolute Gasteiger partial charge is 0.251 e. The van der Waals surface area contributed by atoms with Crippen molar-refractivity contribution in [3.63, 3.8) is 0 Å². The van der Waals surface area contributed by atoms with Crippen molar-refractivity contribution in [3.8, 4) is 0 Å². The van der Waals surface area contributed by atoms with Gasteiger partial charge in [0.1, 0.15) is 6.67 Å². The van der Waals surface area contributed by atoms with Gasteiger partial charge in [0.15, 0.2) is 0 Å². The molecule has 1 N–H and O–H groups in total. The molecule has 0 atom stereocenters. The summed E-state index contributed by atoms with van der Waals surface area (Å²) in [6, 6.07) is 5.37. The summed E-state index contributed by atoms with van der Waals surface area (Å²) in [6.07, 6.45) is -0.228. The predicted octanol–water partition coefficient (Wildman–Crippen LogP) is 3.11. The van der Waals surface area contributed by atoms with Crippen LogP contribution in [0.15, 0.2) is 18.2 Å². The second-order valence-corrected chi connectivity index (χ2v) is 4.97. The highest BCUT2D eigenvalue weighted by Gasteiger charge is 2.34. The van der Waals surface area contributed by atoms with E-state index in [9.17, 15) is 13.2 Å². The molecule has 1 saturated heterocycles. The Hall–Kier alpha value is -1.23. The van der Waals surface area contributed by atoms with Gasteiger partial charge in [-0.1, -0.05) is 6.07 Å². The number of halogens is 3. The highest BCUT2D eigenvalue weighted by molar-refractivity contribution is 5.55. The molecule has 0 amide bonds. The van der Waals surface area contributed by atoms with Gasteiger partial charge in [-0.3, -0.25) is 0 Å². The molecule has 1 aromatic carbocycles. The van der Waals surface area contributed by atoms with Crippen molar-refractivity contribution in [2.75, 3.05) is 25.0 Å². The molecular weight excluding hydrogens is 253 g/mol. The Kier molecular flexibility index (Phi) is 4.34. The van der Waals surface area contributed by atoms with Gasteiger partial charge in [0.25, 0.3) is 5.92 Å². The highest BCUT2D eigenvalue weighted by Crippen LogP contribution is 2.32. The fourth-order valence-electron chi connectivity index (χ4n) is 2.44. The monoisotopic (exact) mass is 272 g/mol. The summed E-state index contributed by atoms with van der Waals surface area (Å²) in [7, 11) is 1.82. The van der Waals surface area contributed by atoms with E-state index in [2.05, 4.69) is 5.32 Å². The normalized spacial score (nSPS) is 18.6. The van der Waals surface area contributed by atoms with Crippen LogP contribution in [0.5, 0.6) is 0 Å². The molecule has 0 unspecified atom stereocenters. The molecule has 1 heterocycles. The number of piperidine rings is 1. The largest absolute Gasteiger partial charge is 0.371 e. The number of alkyl halides is 3. The standard InChI is InChI=1S/C14H19F3N2/c1-18-10-12-8-11(9-15)2-3-13(12)19-6-4-14(16,17)5-7-19/h2-3,8,18H,4-7,9-10H2,1H3. The molecule has 1 aliphatic rings. The van der Waals surface area contributed by atoms with E-state index in [1.165, 1.54) is 0 Å². The molecule has 0 radical (unpaired) electrons. The number of nitrogens with zero attached hydrogens (tertiary/aromatic N) is 1. The molecule has 1 aliphatic heterocycles. The van der Waals surface area contributed by atoms with E-state index >= 15 is 0 Å². The zero-order valence-corrected chi connectivity index (χ0v) is 11.1. The van der Waals surface area contributed by atoms with Gasteiger partial charge in [0.05, 0.1) is 0 Å². The van der Waals surface area contributed by atoms with E-state index in [0.717, 1.165) is 11.3 Å². The Balaban J connectivity index is 2.19. The van der Waals surface area contributed by atoms with Crippen LogP contribution in [-0.2, 0) is 13.2 Å². The van der Waals surface area contributed by atoms with E-state index in [4.69, 9.17) is 0 Å². The zero-order valence-electron chi connectivity index (χ0n) is 11.1. The van der Waals surface area contributed by atoms with Crippen molar-refractivity contribution < 1.29 is 13.2 Å². The van der Waals surface area contributed by atoms with Crippen LogP contribution in [-0.4, -0.2) is 26.1 Å². The fraction of sp³-hybridized carbons (Fsp3) is 0.571. The van der Waals surface area contributed by atoms with Gasteiger partial charge in [-0.25, -0.2) is 13.2 Å². The minimum atomic E-state index is -2.54. The molecule has 5 heteroatoms. The van der Waals surface area contributed by atoms with Crippen molar-refractivity contribution in [2.45, 2.75) is 32.0 Å². The first-order chi connectivity index (χ1) is 9.05. The topological polar surface area (TPSA) is 15.3 Å². The summed E-state index contributed by atoms with van der Waals surface area (Å²) >= 11 is 0. The predicted molar refractivity (Wildman–Crippen MR) is 70.4 cm³/mol. The van der Waals surface area contributed by atoms with Gasteiger partial charge >= 0.3 is 0 Å². The molecule has 2 nitrogen and oxygen atoms in total. The number of nitrogens with one attached hydrogen (secondary N) is 1. The van der Waals surface area contributed by atoms with Crippen LogP contribution in [0.2, 0.25) is 0 Å². The van der Waals surface area contributed by atoms with Crippen molar-refractivity contribution in [1.29, 1.82) is 0 Å². The fourth-order valence-corrected chi connectivity index (χ4v) is 2.44. The lowest BCUT2D eigenvalue weighted by atomic mass is 10.0. The Morgan fingerprint density at radius 1 is 1.26 bits per heavy atom. The molecule has 19 heavy (non-hydrogen) atoms. The third kappa shape index (κ3) is 3.41. The quantitative estimate of drug-likeness (QED) is 0.906. The molecule has 0 aliphatic carbocycles. The van der Waals surface area contributed by atoms with Crippen molar-refractivity contribution >= 4 is 5.69 Å². The summed E-state index contributed by atoms with van der Waals surface area (Å²) in [5.41, 5.74) is 2.52. The molecule has 106 valence electrons. The molecule has 0 spiro atoms. The van der Waals surface area contributed by atoms with Crippen LogP contribution >= 0.6 is 0 Å². The molecule has 0 bridgehead atoms. The first-order valence-electron chi connectivity index (χ1n) is 6.51. The Morgan fingerprint density at radius 2 is 1.95 bits per heavy atom. The molecule has 2 rings (SSSR count). The van der Waals surface area contributed by atoms with Crippen LogP contribution < -0.4 is 10.2 Å². The molecule has 1 fully saturated rings. The number of hydrogen-bond acceptors (Lipinski definition) is 2. The maximum absolute atomic E-state index is 13.2. The summed E-state index contributed by atoms with van der Waals surface area (Å²) in [5.74, 6) is -2.54. The second-order valence-electron chi connectivity index (χ2n) is 4.97. The van der Waals surface area contributed by atoms with E-state index < -0.39 is 12.6 Å². The second kappa shape index (κ2) is 5.82. The number of rotatable bonds is 4. The Bertz CT molecular complexity index is 425. The maximum atomic E-state index is 13.2. The van der Waals surface area contributed by atoms with Crippen LogP contribution in [0.3, 0.4) is 0 Å². The summed E-state index contributed by atoms with van der Waals surface area (Å²) < 4.78 is 39.0. The summed E-state index contributed by atoms with van der Waals surface area (Å²) in [4.78, 5) is 1.96. The van der Waals surface area contributed by atoms with E-state index in [1.807, 2.05) is 18.0 Å². The van der Waals surface area contributed by atoms with Crippen molar-refractivity contribution in [3.05, 3.63) is 29.3 Å². The summed E-state index contributed by atoms with van der Waals surface area (Å²) in [6.45, 7) is 0.794. The number of anilines is 1. The Labute approximate surface area is 111 Å². The molecule has 0 saturated carbocycles. The van der Waals surface area contributed by atoms with Crippen LogP contribution in [0.1, 0.15) is 24.0 Å². The van der Waals surface area contributed by atoms with Gasteiger partial charge < -0.3 is 10.2 Å². The van der Waals surface area contributed by atoms with Crippen LogP contribution in [0, 0.1) is 0 Å². The number of benzene rings is 1. The molecule has 1 aromatic rings. The first kappa shape index (κ1) is 14.2. The molecular formula is C14H19F3N2. The lowest BCUT2D eigenvalue weighted by molar-refractivity contribution is -0.0220. The van der Waals surface area contributed by atoms with Gasteiger partial charge in [0, 0.05) is 38.2 Å². The van der Waals surface area contributed by atoms with E-state index in [-0.39, 0.29) is 12.8 Å². The van der Waals surface area contributed by atoms with Crippen molar-refractivity contribution in [1.82, 2.24) is 5.32 Å². The number of hydrogen-bond donors (Lipinski definition) is 1. The zero-order chi connectivity index (χ0) is 13.9. The third-order valence-corrected chi connectivity index (χ3v) is 3.50.